The molecule has 1 aliphatic heterocycles. The molecule has 2 heterocycles. The number of nitrogens with zero attached hydrogens (tertiary/aromatic N) is 3. The first-order chi connectivity index (χ1) is 12.8. The summed E-state index contributed by atoms with van der Waals surface area (Å²) in [5.74, 6) is -1.34. The van der Waals surface area contributed by atoms with Gasteiger partial charge in [0.05, 0.1) is 0 Å². The van der Waals surface area contributed by atoms with E-state index in [4.69, 9.17) is 16.3 Å². The topological polar surface area (TPSA) is 115 Å². The summed E-state index contributed by atoms with van der Waals surface area (Å²) in [5.41, 5.74) is 1.19. The highest BCUT2D eigenvalue weighted by Gasteiger charge is 2.38. The van der Waals surface area contributed by atoms with Crippen molar-refractivity contribution in [3.05, 3.63) is 51.0 Å². The summed E-state index contributed by atoms with van der Waals surface area (Å²) in [5, 5.41) is 14.2. The van der Waals surface area contributed by atoms with Gasteiger partial charge >= 0.3 is 5.82 Å². The number of benzene rings is 1. The third-order valence-corrected chi connectivity index (χ3v) is 4.56. The minimum absolute atomic E-state index is 0.0640. The van der Waals surface area contributed by atoms with E-state index in [0.717, 1.165) is 4.90 Å². The molecule has 2 amide bonds. The van der Waals surface area contributed by atoms with Crippen LogP contribution in [0.1, 0.15) is 12.5 Å². The minimum atomic E-state index is -0.979. The second-order valence-corrected chi connectivity index (χ2v) is 6.29. The molecule has 0 saturated carbocycles. The Morgan fingerprint density at radius 2 is 2.15 bits per heavy atom. The zero-order valence-corrected chi connectivity index (χ0v) is 15.2. The SMILES string of the molecule is Cc1c(Cl)cccc1NC(=O)C(C)N1C(=O)COc2ccc([N+](=O)[O-])nc21. The van der Waals surface area contributed by atoms with Gasteiger partial charge in [-0.1, -0.05) is 17.7 Å². The second-order valence-electron chi connectivity index (χ2n) is 5.88. The first-order valence-corrected chi connectivity index (χ1v) is 8.33. The molecule has 1 atom stereocenters. The predicted molar refractivity (Wildman–Crippen MR) is 98.2 cm³/mol. The number of pyridine rings is 1. The van der Waals surface area contributed by atoms with Gasteiger partial charge in [0.25, 0.3) is 11.7 Å². The van der Waals surface area contributed by atoms with Crippen LogP contribution >= 0.6 is 11.6 Å². The van der Waals surface area contributed by atoms with E-state index in [1.807, 2.05) is 0 Å². The molecule has 0 aliphatic carbocycles. The van der Waals surface area contributed by atoms with Gasteiger partial charge in [0.2, 0.25) is 5.91 Å². The van der Waals surface area contributed by atoms with E-state index in [9.17, 15) is 19.7 Å². The van der Waals surface area contributed by atoms with E-state index in [-0.39, 0.29) is 18.2 Å². The van der Waals surface area contributed by atoms with Crippen molar-refractivity contribution in [2.75, 3.05) is 16.8 Å². The van der Waals surface area contributed by atoms with Gasteiger partial charge in [0, 0.05) is 16.8 Å². The van der Waals surface area contributed by atoms with Crippen LogP contribution in [0.2, 0.25) is 5.02 Å². The van der Waals surface area contributed by atoms with E-state index in [2.05, 4.69) is 10.3 Å². The molecule has 1 aliphatic rings. The number of anilines is 2. The molecule has 10 heteroatoms. The van der Waals surface area contributed by atoms with E-state index in [0.29, 0.717) is 16.3 Å². The standard InChI is InChI=1S/C17H15ClN4O5/c1-9-11(18)4-3-5-12(9)19-17(24)10(2)21-15(23)8-27-13-6-7-14(22(25)26)20-16(13)21/h3-7,10H,8H2,1-2H3,(H,19,24). The average Bonchev–Trinajstić information content (AvgIpc) is 2.64. The molecule has 3 rings (SSSR count). The molecule has 0 fully saturated rings. The molecule has 140 valence electrons. The van der Waals surface area contributed by atoms with Gasteiger partial charge in [0.1, 0.15) is 6.04 Å². The van der Waals surface area contributed by atoms with Crippen LogP contribution in [0.4, 0.5) is 17.3 Å². The van der Waals surface area contributed by atoms with Crippen molar-refractivity contribution in [2.24, 2.45) is 0 Å². The van der Waals surface area contributed by atoms with Gasteiger partial charge in [-0.15, -0.1) is 0 Å². The van der Waals surface area contributed by atoms with Crippen molar-refractivity contribution >= 4 is 40.7 Å². The van der Waals surface area contributed by atoms with Crippen LogP contribution in [0.15, 0.2) is 30.3 Å². The highest BCUT2D eigenvalue weighted by atomic mass is 35.5. The maximum atomic E-state index is 12.7. The lowest BCUT2D eigenvalue weighted by Crippen LogP contribution is -2.50. The number of carbonyl (C=O) groups is 2. The number of ether oxygens (including phenoxy) is 1. The summed E-state index contributed by atoms with van der Waals surface area (Å²) in [7, 11) is 0. The molecule has 2 aromatic rings. The number of carbonyl (C=O) groups excluding carboxylic acids is 2. The minimum Gasteiger partial charge on any atom is -0.477 e. The van der Waals surface area contributed by atoms with Crippen LogP contribution in [0.5, 0.6) is 5.75 Å². The number of aromatic nitrogens is 1. The van der Waals surface area contributed by atoms with Crippen LogP contribution < -0.4 is 15.0 Å². The molecule has 0 radical (unpaired) electrons. The summed E-state index contributed by atoms with van der Waals surface area (Å²) in [6, 6.07) is 6.62. The Labute approximate surface area is 159 Å². The Kier molecular flexibility index (Phi) is 4.95. The molecule has 1 aromatic heterocycles. The molecular weight excluding hydrogens is 376 g/mol. The number of amides is 2. The smallest absolute Gasteiger partial charge is 0.366 e. The number of halogens is 1. The highest BCUT2D eigenvalue weighted by molar-refractivity contribution is 6.31. The zero-order chi connectivity index (χ0) is 19.7. The van der Waals surface area contributed by atoms with Gasteiger partial charge in [-0.3, -0.25) is 14.5 Å². The van der Waals surface area contributed by atoms with Crippen molar-refractivity contribution in [2.45, 2.75) is 19.9 Å². The van der Waals surface area contributed by atoms with Gasteiger partial charge in [-0.05, 0) is 47.5 Å². The quantitative estimate of drug-likeness (QED) is 0.634. The lowest BCUT2D eigenvalue weighted by Gasteiger charge is -2.29. The van der Waals surface area contributed by atoms with E-state index < -0.39 is 28.6 Å². The summed E-state index contributed by atoms with van der Waals surface area (Å²) in [6.07, 6.45) is 0. The number of hydrogen-bond donors (Lipinski definition) is 1. The summed E-state index contributed by atoms with van der Waals surface area (Å²) < 4.78 is 5.26. The lowest BCUT2D eigenvalue weighted by atomic mass is 10.1. The number of nitrogens with one attached hydrogen (secondary N) is 1. The van der Waals surface area contributed by atoms with Crippen LogP contribution in [0.25, 0.3) is 0 Å². The van der Waals surface area contributed by atoms with E-state index >= 15 is 0 Å². The van der Waals surface area contributed by atoms with E-state index in [1.165, 1.54) is 19.1 Å². The number of nitro groups is 1. The summed E-state index contributed by atoms with van der Waals surface area (Å²) in [4.78, 5) is 40.3. The van der Waals surface area contributed by atoms with Crippen LogP contribution in [-0.4, -0.2) is 34.4 Å². The molecule has 9 nitrogen and oxygen atoms in total. The highest BCUT2D eigenvalue weighted by Crippen LogP contribution is 2.33. The average molecular weight is 391 g/mol. The Balaban J connectivity index is 1.92. The molecule has 1 unspecified atom stereocenters. The molecule has 1 aromatic carbocycles. The van der Waals surface area contributed by atoms with Gasteiger partial charge in [-0.2, -0.15) is 0 Å². The summed E-state index contributed by atoms with van der Waals surface area (Å²) >= 11 is 6.06. The monoisotopic (exact) mass is 390 g/mol. The van der Waals surface area contributed by atoms with E-state index in [1.54, 1.807) is 25.1 Å². The fourth-order valence-electron chi connectivity index (χ4n) is 2.64. The normalized spacial score (nSPS) is 14.2. The molecule has 1 N–H and O–H groups in total. The van der Waals surface area contributed by atoms with Crippen molar-refractivity contribution in [1.82, 2.24) is 4.98 Å². The predicted octanol–water partition coefficient (Wildman–Crippen LogP) is 2.70. The first kappa shape index (κ1) is 18.6. The van der Waals surface area contributed by atoms with Crippen LogP contribution in [0, 0.1) is 17.0 Å². The van der Waals surface area contributed by atoms with Crippen molar-refractivity contribution in [3.63, 3.8) is 0 Å². The molecule has 27 heavy (non-hydrogen) atoms. The number of fused-ring (bicyclic) bond motifs is 1. The fraction of sp³-hybridized carbons (Fsp3) is 0.235. The molecular formula is C17H15ClN4O5. The third-order valence-electron chi connectivity index (χ3n) is 4.15. The van der Waals surface area contributed by atoms with Crippen LogP contribution in [0.3, 0.4) is 0 Å². The summed E-state index contributed by atoms with van der Waals surface area (Å²) in [6.45, 7) is 2.96. The van der Waals surface area contributed by atoms with Crippen LogP contribution in [-0.2, 0) is 9.59 Å². The Bertz CT molecular complexity index is 949. The van der Waals surface area contributed by atoms with Gasteiger partial charge in [-0.25, -0.2) is 0 Å². The Morgan fingerprint density at radius 3 is 2.85 bits per heavy atom. The van der Waals surface area contributed by atoms with Gasteiger partial charge in [0.15, 0.2) is 12.4 Å². The Morgan fingerprint density at radius 1 is 1.41 bits per heavy atom. The first-order valence-electron chi connectivity index (χ1n) is 7.96. The fourth-order valence-corrected chi connectivity index (χ4v) is 2.81. The number of hydrogen-bond acceptors (Lipinski definition) is 6. The molecule has 0 spiro atoms. The van der Waals surface area contributed by atoms with Gasteiger partial charge < -0.3 is 20.2 Å². The van der Waals surface area contributed by atoms with Crippen molar-refractivity contribution in [1.29, 1.82) is 0 Å². The molecule has 0 bridgehead atoms. The maximum Gasteiger partial charge on any atom is 0.366 e. The molecule has 0 saturated heterocycles. The van der Waals surface area contributed by atoms with Crippen molar-refractivity contribution in [3.8, 4) is 5.75 Å². The largest absolute Gasteiger partial charge is 0.477 e. The third kappa shape index (κ3) is 3.54. The lowest BCUT2D eigenvalue weighted by molar-refractivity contribution is -0.389. The Hall–Kier alpha value is -3.20. The van der Waals surface area contributed by atoms with Crippen molar-refractivity contribution < 1.29 is 19.2 Å². The second kappa shape index (κ2) is 7.20. The zero-order valence-electron chi connectivity index (χ0n) is 14.4. The number of rotatable bonds is 4. The maximum absolute atomic E-state index is 12.7.